The Hall–Kier alpha value is -1.82. The lowest BCUT2D eigenvalue weighted by Crippen LogP contribution is -2.03. The highest BCUT2D eigenvalue weighted by Gasteiger charge is 2.13. The van der Waals surface area contributed by atoms with Gasteiger partial charge in [-0.15, -0.1) is 0 Å². The minimum Gasteiger partial charge on any atom is -0.497 e. The van der Waals surface area contributed by atoms with Crippen LogP contribution >= 0.6 is 15.9 Å². The Morgan fingerprint density at radius 3 is 2.71 bits per heavy atom. The number of ether oxygens (including phenoxy) is 2. The Bertz CT molecular complexity index is 620. The van der Waals surface area contributed by atoms with Crippen molar-refractivity contribution in [3.05, 3.63) is 34.6 Å². The topological polar surface area (TPSA) is 56.3 Å². The Labute approximate surface area is 132 Å². The van der Waals surface area contributed by atoms with Crippen LogP contribution in [0.1, 0.15) is 18.9 Å². The number of hydrogen-bond acceptors (Lipinski definition) is 5. The zero-order valence-corrected chi connectivity index (χ0v) is 13.9. The summed E-state index contributed by atoms with van der Waals surface area (Å²) in [5.74, 6) is 2.82. The second-order valence-corrected chi connectivity index (χ2v) is 5.26. The van der Waals surface area contributed by atoms with Crippen LogP contribution in [0.3, 0.4) is 0 Å². The van der Waals surface area contributed by atoms with Crippen LogP contribution in [-0.2, 0) is 6.42 Å². The number of nitrogens with zero attached hydrogens (tertiary/aromatic N) is 2. The van der Waals surface area contributed by atoms with E-state index in [0.717, 1.165) is 34.4 Å². The molecule has 112 valence electrons. The van der Waals surface area contributed by atoms with Gasteiger partial charge in [0, 0.05) is 7.05 Å². The highest BCUT2D eigenvalue weighted by atomic mass is 79.9. The summed E-state index contributed by atoms with van der Waals surface area (Å²) in [7, 11) is 3.47. The van der Waals surface area contributed by atoms with E-state index >= 15 is 0 Å². The van der Waals surface area contributed by atoms with E-state index in [0.29, 0.717) is 11.6 Å². The minimum atomic E-state index is 0.571. The number of nitrogens with one attached hydrogen (secondary N) is 1. The molecule has 0 aliphatic heterocycles. The molecule has 0 aliphatic rings. The molecule has 5 nitrogen and oxygen atoms in total. The summed E-state index contributed by atoms with van der Waals surface area (Å²) in [5, 5.41) is 3.08. The zero-order chi connectivity index (χ0) is 15.2. The molecule has 0 atom stereocenters. The first-order valence-electron chi connectivity index (χ1n) is 6.72. The Morgan fingerprint density at radius 1 is 1.29 bits per heavy atom. The fourth-order valence-electron chi connectivity index (χ4n) is 1.97. The van der Waals surface area contributed by atoms with E-state index in [-0.39, 0.29) is 0 Å². The first-order chi connectivity index (χ1) is 10.2. The molecular formula is C15H18BrN3O2. The fourth-order valence-corrected chi connectivity index (χ4v) is 2.41. The van der Waals surface area contributed by atoms with Gasteiger partial charge in [-0.2, -0.15) is 0 Å². The smallest absolute Gasteiger partial charge is 0.227 e. The van der Waals surface area contributed by atoms with Crippen LogP contribution in [0, 0.1) is 0 Å². The molecule has 1 aromatic heterocycles. The summed E-state index contributed by atoms with van der Waals surface area (Å²) in [5.41, 5.74) is 0.977. The molecule has 21 heavy (non-hydrogen) atoms. The van der Waals surface area contributed by atoms with E-state index < -0.39 is 0 Å². The maximum Gasteiger partial charge on any atom is 0.227 e. The zero-order valence-electron chi connectivity index (χ0n) is 12.3. The third-order valence-corrected chi connectivity index (χ3v) is 3.61. The van der Waals surface area contributed by atoms with Crippen LogP contribution in [0.15, 0.2) is 29.0 Å². The molecule has 0 fully saturated rings. The predicted molar refractivity (Wildman–Crippen MR) is 86.3 cm³/mol. The molecule has 0 spiro atoms. The Kier molecular flexibility index (Phi) is 5.38. The van der Waals surface area contributed by atoms with Gasteiger partial charge in [-0.3, -0.25) is 0 Å². The molecule has 1 N–H and O–H groups in total. The van der Waals surface area contributed by atoms with Crippen LogP contribution in [-0.4, -0.2) is 24.1 Å². The van der Waals surface area contributed by atoms with Gasteiger partial charge < -0.3 is 14.8 Å². The lowest BCUT2D eigenvalue weighted by molar-refractivity contribution is 0.411. The fraction of sp³-hybridized carbons (Fsp3) is 0.333. The first kappa shape index (κ1) is 15.6. The lowest BCUT2D eigenvalue weighted by atomic mass is 10.1. The molecule has 0 amide bonds. The van der Waals surface area contributed by atoms with Gasteiger partial charge in [0.05, 0.1) is 17.1 Å². The molecular weight excluding hydrogens is 334 g/mol. The van der Waals surface area contributed by atoms with Gasteiger partial charge in [0.1, 0.15) is 23.6 Å². The molecule has 0 aliphatic carbocycles. The highest BCUT2D eigenvalue weighted by molar-refractivity contribution is 9.10. The molecule has 2 aromatic rings. The summed E-state index contributed by atoms with van der Waals surface area (Å²) in [6, 6.07) is 5.55. The van der Waals surface area contributed by atoms with E-state index in [1.165, 1.54) is 6.33 Å². The quantitative estimate of drug-likeness (QED) is 0.851. The SMILES string of the molecule is CCCc1c(NC)ncnc1Oc1ccc(OC)cc1Br. The van der Waals surface area contributed by atoms with Gasteiger partial charge in [0.25, 0.3) is 0 Å². The standard InChI is InChI=1S/C15H18BrN3O2/c1-4-5-11-14(17-2)18-9-19-15(11)21-13-7-6-10(20-3)8-12(13)16/h6-9H,4-5H2,1-3H3,(H,17,18,19). The number of aromatic nitrogens is 2. The van der Waals surface area contributed by atoms with Crippen molar-refractivity contribution >= 4 is 21.7 Å². The summed E-state index contributed by atoms with van der Waals surface area (Å²) in [6.07, 6.45) is 3.33. The van der Waals surface area contributed by atoms with E-state index in [4.69, 9.17) is 9.47 Å². The van der Waals surface area contributed by atoms with E-state index in [1.807, 2.05) is 25.2 Å². The van der Waals surface area contributed by atoms with Crippen molar-refractivity contribution in [1.29, 1.82) is 0 Å². The van der Waals surface area contributed by atoms with E-state index in [9.17, 15) is 0 Å². The van der Waals surface area contributed by atoms with E-state index in [1.54, 1.807) is 7.11 Å². The van der Waals surface area contributed by atoms with Crippen molar-refractivity contribution in [3.63, 3.8) is 0 Å². The number of halogens is 1. The summed E-state index contributed by atoms with van der Waals surface area (Å²) < 4.78 is 11.9. The lowest BCUT2D eigenvalue weighted by Gasteiger charge is -2.13. The number of rotatable bonds is 6. The second kappa shape index (κ2) is 7.26. The molecule has 6 heteroatoms. The molecule has 1 aromatic carbocycles. The molecule has 0 saturated carbocycles. The van der Waals surface area contributed by atoms with Crippen LogP contribution in [0.25, 0.3) is 0 Å². The van der Waals surface area contributed by atoms with Crippen molar-refractivity contribution in [2.24, 2.45) is 0 Å². The van der Waals surface area contributed by atoms with Crippen molar-refractivity contribution in [1.82, 2.24) is 9.97 Å². The maximum absolute atomic E-state index is 5.94. The number of benzene rings is 1. The normalized spacial score (nSPS) is 10.3. The van der Waals surface area contributed by atoms with Crippen LogP contribution < -0.4 is 14.8 Å². The predicted octanol–water partition coefficient (Wildman–Crippen LogP) is 4.03. The van der Waals surface area contributed by atoms with E-state index in [2.05, 4.69) is 38.1 Å². The van der Waals surface area contributed by atoms with Crippen molar-refractivity contribution in [3.8, 4) is 17.4 Å². The van der Waals surface area contributed by atoms with Crippen molar-refractivity contribution in [2.45, 2.75) is 19.8 Å². The molecule has 0 bridgehead atoms. The second-order valence-electron chi connectivity index (χ2n) is 4.40. The molecule has 0 saturated heterocycles. The molecule has 0 radical (unpaired) electrons. The van der Waals surface area contributed by atoms with Crippen molar-refractivity contribution in [2.75, 3.05) is 19.5 Å². The van der Waals surface area contributed by atoms with Crippen LogP contribution in [0.5, 0.6) is 17.4 Å². The van der Waals surface area contributed by atoms with Gasteiger partial charge in [0.2, 0.25) is 5.88 Å². The third kappa shape index (κ3) is 3.64. The number of methoxy groups -OCH3 is 1. The Balaban J connectivity index is 2.35. The maximum atomic E-state index is 5.94. The van der Waals surface area contributed by atoms with Crippen LogP contribution in [0.2, 0.25) is 0 Å². The third-order valence-electron chi connectivity index (χ3n) is 2.99. The van der Waals surface area contributed by atoms with Gasteiger partial charge in [-0.1, -0.05) is 13.3 Å². The molecule has 2 rings (SSSR count). The van der Waals surface area contributed by atoms with Gasteiger partial charge in [-0.25, -0.2) is 9.97 Å². The molecule has 0 unspecified atom stereocenters. The average molecular weight is 352 g/mol. The van der Waals surface area contributed by atoms with Gasteiger partial charge in [-0.05, 0) is 40.5 Å². The number of anilines is 1. The largest absolute Gasteiger partial charge is 0.497 e. The Morgan fingerprint density at radius 2 is 2.10 bits per heavy atom. The first-order valence-corrected chi connectivity index (χ1v) is 7.51. The van der Waals surface area contributed by atoms with Gasteiger partial charge in [0.15, 0.2) is 0 Å². The monoisotopic (exact) mass is 351 g/mol. The summed E-state index contributed by atoms with van der Waals surface area (Å²) in [4.78, 5) is 8.49. The highest BCUT2D eigenvalue weighted by Crippen LogP contribution is 2.34. The average Bonchev–Trinajstić information content (AvgIpc) is 2.51. The van der Waals surface area contributed by atoms with Crippen LogP contribution in [0.4, 0.5) is 5.82 Å². The summed E-state index contributed by atoms with van der Waals surface area (Å²) >= 11 is 3.48. The van der Waals surface area contributed by atoms with Gasteiger partial charge >= 0.3 is 0 Å². The minimum absolute atomic E-state index is 0.571. The number of hydrogen-bond donors (Lipinski definition) is 1. The van der Waals surface area contributed by atoms with Crippen molar-refractivity contribution < 1.29 is 9.47 Å². The molecule has 1 heterocycles. The summed E-state index contributed by atoms with van der Waals surface area (Å²) in [6.45, 7) is 2.11.